The van der Waals surface area contributed by atoms with Gasteiger partial charge in [0.1, 0.15) is 12.4 Å². The Hall–Kier alpha value is -3.29. The lowest BCUT2D eigenvalue weighted by atomic mass is 10.3. The van der Waals surface area contributed by atoms with Crippen molar-refractivity contribution in [3.8, 4) is 11.6 Å². The van der Waals surface area contributed by atoms with E-state index in [9.17, 15) is 0 Å². The molecule has 0 aliphatic carbocycles. The van der Waals surface area contributed by atoms with Gasteiger partial charge in [0.05, 0.1) is 6.26 Å². The molecule has 2 aromatic heterocycles. The maximum absolute atomic E-state index is 5.32. The molecule has 3 N–H and O–H groups in total. The first-order valence-electron chi connectivity index (χ1n) is 9.62. The maximum atomic E-state index is 5.32. The zero-order valence-corrected chi connectivity index (χ0v) is 15.9. The monoisotopic (exact) mass is 379 g/mol. The van der Waals surface area contributed by atoms with Gasteiger partial charge in [-0.1, -0.05) is 18.2 Å². The van der Waals surface area contributed by atoms with Crippen molar-refractivity contribution in [3.05, 3.63) is 54.6 Å². The summed E-state index contributed by atoms with van der Waals surface area (Å²) in [7, 11) is 0. The lowest BCUT2D eigenvalue weighted by Crippen LogP contribution is -2.44. The summed E-state index contributed by atoms with van der Waals surface area (Å²) < 4.78 is 5.32. The topological polar surface area (TPSA) is 94.4 Å². The summed E-state index contributed by atoms with van der Waals surface area (Å²) in [5, 5.41) is 14.0. The predicted octanol–water partition coefficient (Wildman–Crippen LogP) is 2.40. The second-order valence-electron chi connectivity index (χ2n) is 6.69. The minimum Gasteiger partial charge on any atom is -0.461 e. The van der Waals surface area contributed by atoms with E-state index in [1.807, 2.05) is 18.2 Å². The second-order valence-corrected chi connectivity index (χ2v) is 6.69. The zero-order chi connectivity index (χ0) is 19.2. The molecule has 1 saturated heterocycles. The molecule has 146 valence electrons. The summed E-state index contributed by atoms with van der Waals surface area (Å²) in [6, 6.07) is 14.5. The number of nitrogens with zero attached hydrogens (tertiary/aromatic N) is 4. The summed E-state index contributed by atoms with van der Waals surface area (Å²) in [4.78, 5) is 11.5. The number of aliphatic imine (C=N–C) groups is 1. The summed E-state index contributed by atoms with van der Waals surface area (Å²) in [6.07, 6.45) is 2.68. The number of benzene rings is 1. The van der Waals surface area contributed by atoms with Gasteiger partial charge in [0.25, 0.3) is 0 Å². The van der Waals surface area contributed by atoms with E-state index in [0.717, 1.165) is 32.0 Å². The highest BCUT2D eigenvalue weighted by molar-refractivity contribution is 5.80. The third-order valence-electron chi connectivity index (χ3n) is 4.65. The first-order valence-corrected chi connectivity index (χ1v) is 9.62. The van der Waals surface area contributed by atoms with Gasteiger partial charge in [-0.15, -0.1) is 5.10 Å². The van der Waals surface area contributed by atoms with Gasteiger partial charge in [-0.2, -0.15) is 0 Å². The minimum absolute atomic E-state index is 0.353. The van der Waals surface area contributed by atoms with Crippen LogP contribution in [0, 0.1) is 0 Å². The van der Waals surface area contributed by atoms with Crippen LogP contribution in [0.25, 0.3) is 11.6 Å². The Labute approximate surface area is 164 Å². The van der Waals surface area contributed by atoms with Crippen LogP contribution in [0.1, 0.15) is 19.2 Å². The van der Waals surface area contributed by atoms with E-state index in [2.05, 4.69) is 66.9 Å². The minimum atomic E-state index is 0.353. The van der Waals surface area contributed by atoms with Crippen LogP contribution in [0.2, 0.25) is 0 Å². The number of para-hydroxylation sites is 1. The normalized spacial score (nSPS) is 17.1. The van der Waals surface area contributed by atoms with Crippen molar-refractivity contribution in [2.75, 3.05) is 24.5 Å². The fourth-order valence-corrected chi connectivity index (χ4v) is 3.30. The summed E-state index contributed by atoms with van der Waals surface area (Å²) in [5.41, 5.74) is 1.26. The molecular formula is C20H25N7O. The Morgan fingerprint density at radius 3 is 2.96 bits per heavy atom. The summed E-state index contributed by atoms with van der Waals surface area (Å²) in [5.74, 6) is 2.67. The molecule has 0 spiro atoms. The number of H-pyrrole nitrogens is 1. The van der Waals surface area contributed by atoms with Gasteiger partial charge in [-0.3, -0.25) is 5.10 Å². The molecule has 1 unspecified atom stereocenters. The van der Waals surface area contributed by atoms with Gasteiger partial charge < -0.3 is 20.0 Å². The van der Waals surface area contributed by atoms with Gasteiger partial charge in [0.15, 0.2) is 11.7 Å². The van der Waals surface area contributed by atoms with E-state index in [4.69, 9.17) is 4.42 Å². The van der Waals surface area contributed by atoms with Crippen molar-refractivity contribution in [2.45, 2.75) is 25.9 Å². The molecule has 1 aliphatic heterocycles. The number of hydrogen-bond acceptors (Lipinski definition) is 5. The quantitative estimate of drug-likeness (QED) is 0.450. The number of hydrogen-bond donors (Lipinski definition) is 3. The van der Waals surface area contributed by atoms with Crippen LogP contribution in [0.5, 0.6) is 0 Å². The molecule has 1 fully saturated rings. The Morgan fingerprint density at radius 2 is 2.18 bits per heavy atom. The van der Waals surface area contributed by atoms with Gasteiger partial charge in [-0.05, 0) is 37.6 Å². The van der Waals surface area contributed by atoms with Gasteiger partial charge >= 0.3 is 0 Å². The Balaban J connectivity index is 1.36. The first-order chi connectivity index (χ1) is 13.8. The average molecular weight is 379 g/mol. The maximum Gasteiger partial charge on any atom is 0.216 e. The van der Waals surface area contributed by atoms with Crippen molar-refractivity contribution in [3.63, 3.8) is 0 Å². The highest BCUT2D eigenvalue weighted by Crippen LogP contribution is 2.19. The first kappa shape index (κ1) is 18.1. The second kappa shape index (κ2) is 8.60. The lowest BCUT2D eigenvalue weighted by molar-refractivity contribution is 0.577. The van der Waals surface area contributed by atoms with E-state index >= 15 is 0 Å². The fraction of sp³-hybridized carbons (Fsp3) is 0.350. The molecule has 0 bridgehead atoms. The molecule has 0 amide bonds. The van der Waals surface area contributed by atoms with Crippen LogP contribution in [-0.2, 0) is 6.54 Å². The van der Waals surface area contributed by atoms with Gasteiger partial charge in [0.2, 0.25) is 5.82 Å². The highest BCUT2D eigenvalue weighted by atomic mass is 16.3. The van der Waals surface area contributed by atoms with Crippen LogP contribution in [0.15, 0.2) is 58.1 Å². The largest absolute Gasteiger partial charge is 0.461 e. The van der Waals surface area contributed by atoms with E-state index in [0.29, 0.717) is 30.0 Å². The molecular weight excluding hydrogens is 354 g/mol. The third-order valence-corrected chi connectivity index (χ3v) is 4.65. The van der Waals surface area contributed by atoms with E-state index in [-0.39, 0.29) is 0 Å². The van der Waals surface area contributed by atoms with E-state index in [1.54, 1.807) is 6.26 Å². The van der Waals surface area contributed by atoms with Crippen LogP contribution >= 0.6 is 0 Å². The van der Waals surface area contributed by atoms with Crippen LogP contribution in [-0.4, -0.2) is 46.8 Å². The van der Waals surface area contributed by atoms with Gasteiger partial charge in [0, 0.05) is 31.4 Å². The number of aromatic nitrogens is 3. The Bertz CT molecular complexity index is 888. The molecule has 0 radical (unpaired) electrons. The highest BCUT2D eigenvalue weighted by Gasteiger charge is 2.23. The standard InChI is InChI=1S/C20H25N7O/c1-2-21-20(22-13-18-24-19(26-25-18)17-9-6-12-28-17)23-15-10-11-27(14-15)16-7-4-3-5-8-16/h3-9,12,15H,2,10-11,13-14H2,1H3,(H2,21,22,23)(H,24,25,26). The third kappa shape index (κ3) is 4.33. The van der Waals surface area contributed by atoms with Crippen molar-refractivity contribution < 1.29 is 4.42 Å². The van der Waals surface area contributed by atoms with Crippen LogP contribution in [0.4, 0.5) is 5.69 Å². The number of furan rings is 1. The molecule has 28 heavy (non-hydrogen) atoms. The number of guanidine groups is 1. The number of rotatable bonds is 6. The molecule has 1 aliphatic rings. The van der Waals surface area contributed by atoms with Gasteiger partial charge in [-0.25, -0.2) is 9.98 Å². The van der Waals surface area contributed by atoms with Crippen molar-refractivity contribution in [1.82, 2.24) is 25.8 Å². The molecule has 1 atom stereocenters. The molecule has 0 saturated carbocycles. The fourth-order valence-electron chi connectivity index (χ4n) is 3.30. The number of nitrogens with one attached hydrogen (secondary N) is 3. The lowest BCUT2D eigenvalue weighted by Gasteiger charge is -2.20. The van der Waals surface area contributed by atoms with Crippen molar-refractivity contribution >= 4 is 11.6 Å². The summed E-state index contributed by atoms with van der Waals surface area (Å²) >= 11 is 0. The Kier molecular flexibility index (Phi) is 5.56. The molecule has 1 aromatic carbocycles. The molecule has 8 heteroatoms. The predicted molar refractivity (Wildman–Crippen MR) is 109 cm³/mol. The molecule has 8 nitrogen and oxygen atoms in total. The van der Waals surface area contributed by atoms with E-state index < -0.39 is 0 Å². The Morgan fingerprint density at radius 1 is 1.29 bits per heavy atom. The van der Waals surface area contributed by atoms with Crippen LogP contribution < -0.4 is 15.5 Å². The van der Waals surface area contributed by atoms with E-state index in [1.165, 1.54) is 5.69 Å². The average Bonchev–Trinajstić information content (AvgIpc) is 3.48. The van der Waals surface area contributed by atoms with Crippen molar-refractivity contribution in [1.29, 1.82) is 0 Å². The molecule has 4 rings (SSSR count). The smallest absolute Gasteiger partial charge is 0.216 e. The van der Waals surface area contributed by atoms with Crippen LogP contribution in [0.3, 0.4) is 0 Å². The zero-order valence-electron chi connectivity index (χ0n) is 15.9. The number of aromatic amines is 1. The SMILES string of the molecule is CCNC(=NCc1nc(-c2ccco2)n[nH]1)NC1CCN(c2ccccc2)C1. The summed E-state index contributed by atoms with van der Waals surface area (Å²) in [6.45, 7) is 5.27. The molecule has 3 aromatic rings. The number of anilines is 1. The molecule has 3 heterocycles. The van der Waals surface area contributed by atoms with Crippen molar-refractivity contribution in [2.24, 2.45) is 4.99 Å².